The molecule has 0 saturated carbocycles. The van der Waals surface area contributed by atoms with E-state index in [9.17, 15) is 8.42 Å². The van der Waals surface area contributed by atoms with E-state index in [4.69, 9.17) is 12.2 Å². The minimum absolute atomic E-state index is 0.0107. The smallest absolute Gasteiger partial charge is 0.217 e. The highest BCUT2D eigenvalue weighted by Gasteiger charge is 2.32. The van der Waals surface area contributed by atoms with Crippen molar-refractivity contribution in [2.24, 2.45) is 0 Å². The topological polar surface area (TPSA) is 71.0 Å². The monoisotopic (exact) mass is 394 g/mol. The van der Waals surface area contributed by atoms with Crippen molar-refractivity contribution in [3.8, 4) is 0 Å². The van der Waals surface area contributed by atoms with Gasteiger partial charge in [-0.2, -0.15) is 0 Å². The molecule has 1 aromatic carbocycles. The van der Waals surface area contributed by atoms with Crippen LogP contribution in [0.3, 0.4) is 0 Å². The molecule has 0 aliphatic carbocycles. The number of aromatic amines is 1. The molecule has 26 heavy (non-hydrogen) atoms. The van der Waals surface area contributed by atoms with Gasteiger partial charge in [-0.05, 0) is 24.2 Å². The average molecular weight is 395 g/mol. The average Bonchev–Trinajstić information content (AvgIpc) is 3.10. The number of hydrogen-bond acceptors (Lipinski definition) is 5. The molecule has 2 aromatic rings. The third-order valence-corrected chi connectivity index (χ3v) is 6.73. The molecule has 1 atom stereocenters. The van der Waals surface area contributed by atoms with Gasteiger partial charge in [0.15, 0.2) is 9.84 Å². The zero-order chi connectivity index (χ0) is 18.9. The van der Waals surface area contributed by atoms with E-state index in [1.165, 1.54) is 0 Å². The van der Waals surface area contributed by atoms with Gasteiger partial charge in [-0.25, -0.2) is 18.1 Å². The maximum absolute atomic E-state index is 12.0. The molecule has 1 unspecified atom stereocenters. The molecule has 1 N–H and O–H groups in total. The summed E-state index contributed by atoms with van der Waals surface area (Å²) in [5.41, 5.74) is 1.03. The van der Waals surface area contributed by atoms with Crippen molar-refractivity contribution in [3.63, 3.8) is 0 Å². The summed E-state index contributed by atoms with van der Waals surface area (Å²) in [5, 5.41) is 3.29. The first-order chi connectivity index (χ1) is 12.1. The second-order valence-corrected chi connectivity index (χ2v) is 10.6. The summed E-state index contributed by atoms with van der Waals surface area (Å²) in [6.07, 6.45) is 0.656. The van der Waals surface area contributed by atoms with Crippen molar-refractivity contribution in [2.45, 2.75) is 51.9 Å². The molecular weight excluding hydrogens is 368 g/mol. The third kappa shape index (κ3) is 4.61. The summed E-state index contributed by atoms with van der Waals surface area (Å²) in [6.45, 7) is 7.41. The van der Waals surface area contributed by atoms with Gasteiger partial charge in [0.25, 0.3) is 0 Å². The van der Waals surface area contributed by atoms with E-state index in [1.807, 2.05) is 22.9 Å². The van der Waals surface area contributed by atoms with Crippen LogP contribution in [0.5, 0.6) is 0 Å². The predicted molar refractivity (Wildman–Crippen MR) is 105 cm³/mol. The van der Waals surface area contributed by atoms with Crippen molar-refractivity contribution in [1.29, 1.82) is 0 Å². The van der Waals surface area contributed by atoms with E-state index in [2.05, 4.69) is 47.9 Å². The van der Waals surface area contributed by atoms with Crippen molar-refractivity contribution < 1.29 is 8.42 Å². The van der Waals surface area contributed by atoms with Crippen LogP contribution in [0.2, 0.25) is 0 Å². The van der Waals surface area contributed by atoms with E-state index >= 15 is 0 Å². The van der Waals surface area contributed by atoms with Crippen LogP contribution in [-0.2, 0) is 28.5 Å². The number of hydrogen-bond donors (Lipinski definition) is 1. The van der Waals surface area contributed by atoms with Crippen molar-refractivity contribution >= 4 is 22.1 Å². The lowest BCUT2D eigenvalue weighted by atomic mass is 9.96. The van der Waals surface area contributed by atoms with Gasteiger partial charge in [-0.1, -0.05) is 51.1 Å². The normalized spacial score (nSPS) is 19.9. The van der Waals surface area contributed by atoms with Crippen molar-refractivity contribution in [2.75, 3.05) is 11.5 Å². The minimum atomic E-state index is -2.96. The molecule has 0 bridgehead atoms. The number of nitrogens with one attached hydrogen (secondary N) is 1. The molecule has 8 heteroatoms. The number of benzene rings is 1. The molecule has 2 heterocycles. The molecule has 1 fully saturated rings. The van der Waals surface area contributed by atoms with Gasteiger partial charge in [0.2, 0.25) is 4.77 Å². The molecule has 6 nitrogen and oxygen atoms in total. The Balaban J connectivity index is 1.86. The standard InChI is InChI=1S/C18H26N4O2S2/c1-18(2,3)16-19-17(25)22(20-16)13-21(11-14-7-5-4-6-8-14)15-9-10-26(23,24)12-15/h4-8,15H,9-13H2,1-3H3,(H,19,20,25). The van der Waals surface area contributed by atoms with Crippen LogP contribution in [0.1, 0.15) is 38.6 Å². The summed E-state index contributed by atoms with van der Waals surface area (Å²) in [6, 6.07) is 10.1. The fourth-order valence-electron chi connectivity index (χ4n) is 3.15. The fourth-order valence-corrected chi connectivity index (χ4v) is 5.10. The zero-order valence-corrected chi connectivity index (χ0v) is 17.1. The molecule has 0 spiro atoms. The highest BCUT2D eigenvalue weighted by Crippen LogP contribution is 2.22. The van der Waals surface area contributed by atoms with Crippen LogP contribution in [0.4, 0.5) is 0 Å². The fraction of sp³-hybridized carbons (Fsp3) is 0.556. The number of H-pyrrole nitrogens is 1. The lowest BCUT2D eigenvalue weighted by Crippen LogP contribution is -2.37. The van der Waals surface area contributed by atoms with Crippen LogP contribution in [0.25, 0.3) is 0 Å². The predicted octanol–water partition coefficient (Wildman–Crippen LogP) is 2.88. The molecular formula is C18H26N4O2S2. The Morgan fingerprint density at radius 1 is 1.31 bits per heavy atom. The van der Waals surface area contributed by atoms with Gasteiger partial charge < -0.3 is 0 Å². The number of aromatic nitrogens is 3. The molecule has 0 radical (unpaired) electrons. The van der Waals surface area contributed by atoms with Gasteiger partial charge in [-0.3, -0.25) is 10.00 Å². The Kier molecular flexibility index (Phi) is 5.37. The summed E-state index contributed by atoms with van der Waals surface area (Å²) in [5.74, 6) is 1.29. The molecule has 142 valence electrons. The summed E-state index contributed by atoms with van der Waals surface area (Å²) < 4.78 is 26.3. The molecule has 1 aliphatic heterocycles. The zero-order valence-electron chi connectivity index (χ0n) is 15.5. The highest BCUT2D eigenvalue weighted by molar-refractivity contribution is 7.91. The van der Waals surface area contributed by atoms with Crippen LogP contribution in [0, 0.1) is 4.77 Å². The number of nitrogens with zero attached hydrogens (tertiary/aromatic N) is 3. The van der Waals surface area contributed by atoms with Gasteiger partial charge >= 0.3 is 0 Å². The third-order valence-electron chi connectivity index (χ3n) is 4.67. The maximum Gasteiger partial charge on any atom is 0.217 e. The van der Waals surface area contributed by atoms with E-state index in [1.54, 1.807) is 0 Å². The van der Waals surface area contributed by atoms with Gasteiger partial charge in [0, 0.05) is 18.0 Å². The van der Waals surface area contributed by atoms with Crippen LogP contribution < -0.4 is 0 Å². The van der Waals surface area contributed by atoms with E-state index in [0.717, 1.165) is 11.4 Å². The SMILES string of the molecule is CC(C)(C)c1nc(=S)n(CN(Cc2ccccc2)C2CCS(=O)(=O)C2)[nH]1. The minimum Gasteiger partial charge on any atom is -0.281 e. The van der Waals surface area contributed by atoms with Crippen LogP contribution >= 0.6 is 12.2 Å². The summed E-state index contributed by atoms with van der Waals surface area (Å²) >= 11 is 5.42. The highest BCUT2D eigenvalue weighted by atomic mass is 32.2. The molecule has 3 rings (SSSR count). The molecule has 0 amide bonds. The van der Waals surface area contributed by atoms with Gasteiger partial charge in [0.05, 0.1) is 18.2 Å². The summed E-state index contributed by atoms with van der Waals surface area (Å²) in [7, 11) is -2.96. The Morgan fingerprint density at radius 2 is 2.00 bits per heavy atom. The Hall–Kier alpha value is -1.51. The van der Waals surface area contributed by atoms with E-state index in [-0.39, 0.29) is 23.0 Å². The molecule has 1 aliphatic rings. The summed E-state index contributed by atoms with van der Waals surface area (Å²) in [4.78, 5) is 6.66. The van der Waals surface area contributed by atoms with Crippen molar-refractivity contribution in [1.82, 2.24) is 19.7 Å². The Labute approximate surface area is 160 Å². The maximum atomic E-state index is 12.0. The lowest BCUT2D eigenvalue weighted by molar-refractivity contribution is 0.145. The van der Waals surface area contributed by atoms with Gasteiger partial charge in [-0.15, -0.1) is 0 Å². The van der Waals surface area contributed by atoms with Crippen LogP contribution in [0.15, 0.2) is 30.3 Å². The molecule has 1 aromatic heterocycles. The van der Waals surface area contributed by atoms with E-state index in [0.29, 0.717) is 24.4 Å². The molecule has 1 saturated heterocycles. The van der Waals surface area contributed by atoms with Gasteiger partial charge in [0.1, 0.15) is 5.82 Å². The second-order valence-electron chi connectivity index (χ2n) is 7.96. The largest absolute Gasteiger partial charge is 0.281 e. The first-order valence-corrected chi connectivity index (χ1v) is 11.0. The number of rotatable bonds is 5. The van der Waals surface area contributed by atoms with Crippen LogP contribution in [-0.4, -0.2) is 45.6 Å². The lowest BCUT2D eigenvalue weighted by Gasteiger charge is -2.28. The Bertz CT molecular complexity index is 911. The first-order valence-electron chi connectivity index (χ1n) is 8.80. The number of sulfone groups is 1. The van der Waals surface area contributed by atoms with Crippen molar-refractivity contribution in [3.05, 3.63) is 46.5 Å². The van der Waals surface area contributed by atoms with E-state index < -0.39 is 9.84 Å². The first kappa shape index (κ1) is 19.3. The Morgan fingerprint density at radius 3 is 2.54 bits per heavy atom. The second kappa shape index (κ2) is 7.25. The quantitative estimate of drug-likeness (QED) is 0.790.